The Labute approximate surface area is 69.2 Å². The zero-order chi connectivity index (χ0) is 8.39. The molecule has 4 heteroatoms. The molecule has 1 aliphatic heterocycles. The van der Waals surface area contributed by atoms with Crippen LogP contribution in [0.15, 0.2) is 41.3 Å². The van der Waals surface area contributed by atoms with Crippen LogP contribution in [0, 0.1) is 0 Å². The second kappa shape index (κ2) is 2.65. The summed E-state index contributed by atoms with van der Waals surface area (Å²) < 4.78 is 0. The van der Waals surface area contributed by atoms with Gasteiger partial charge in [-0.05, 0) is 5.43 Å². The van der Waals surface area contributed by atoms with Crippen LogP contribution >= 0.6 is 0 Å². The van der Waals surface area contributed by atoms with Crippen molar-refractivity contribution in [3.05, 3.63) is 41.8 Å². The summed E-state index contributed by atoms with van der Waals surface area (Å²) in [6, 6.07) is 9.38. The molecule has 0 spiro atoms. The molecule has 0 aromatic heterocycles. The Balaban J connectivity index is 2.44. The molecule has 1 aromatic rings. The molecule has 1 radical (unpaired) electrons. The SMILES string of the molecule is OC1=C(c2ccccc2)N=[N+]N1. The maximum absolute atomic E-state index is 9.22. The van der Waals surface area contributed by atoms with Crippen molar-refractivity contribution >= 4 is 5.70 Å². The lowest BCUT2D eigenvalue weighted by Gasteiger charge is -1.92. The van der Waals surface area contributed by atoms with Crippen LogP contribution in [-0.2, 0) is 0 Å². The molecule has 1 aliphatic rings. The number of hydrogen-bond acceptors (Lipinski definition) is 4. The van der Waals surface area contributed by atoms with Crippen LogP contribution in [0.2, 0.25) is 0 Å². The fraction of sp³-hybridized carbons (Fsp3) is 0. The van der Waals surface area contributed by atoms with E-state index >= 15 is 0 Å². The van der Waals surface area contributed by atoms with Gasteiger partial charge in [-0.2, -0.15) is 0 Å². The third kappa shape index (κ3) is 1.03. The zero-order valence-corrected chi connectivity index (χ0v) is 6.23. The van der Waals surface area contributed by atoms with Gasteiger partial charge >= 0.3 is 5.22 Å². The van der Waals surface area contributed by atoms with Crippen molar-refractivity contribution in [1.82, 2.24) is 10.6 Å². The molecular formula is C8H7N3O+. The van der Waals surface area contributed by atoms with Crippen molar-refractivity contribution in [2.24, 2.45) is 5.11 Å². The van der Waals surface area contributed by atoms with Crippen LogP contribution in [-0.4, -0.2) is 5.11 Å². The van der Waals surface area contributed by atoms with Gasteiger partial charge in [-0.25, -0.2) is 0 Å². The van der Waals surface area contributed by atoms with E-state index in [9.17, 15) is 5.11 Å². The van der Waals surface area contributed by atoms with Crippen molar-refractivity contribution in [3.8, 4) is 0 Å². The van der Waals surface area contributed by atoms with Crippen LogP contribution in [0.25, 0.3) is 5.70 Å². The summed E-state index contributed by atoms with van der Waals surface area (Å²) in [6.45, 7) is 0. The molecule has 0 fully saturated rings. The van der Waals surface area contributed by atoms with E-state index in [1.807, 2.05) is 30.3 Å². The van der Waals surface area contributed by atoms with Gasteiger partial charge in [0.15, 0.2) is 0 Å². The second-order valence-corrected chi connectivity index (χ2v) is 2.38. The highest BCUT2D eigenvalue weighted by molar-refractivity contribution is 5.65. The van der Waals surface area contributed by atoms with Crippen LogP contribution < -0.4 is 10.6 Å². The van der Waals surface area contributed by atoms with E-state index in [4.69, 9.17) is 0 Å². The number of hydrogen-bond donors (Lipinski definition) is 2. The van der Waals surface area contributed by atoms with E-state index in [0.717, 1.165) is 5.56 Å². The molecule has 4 nitrogen and oxygen atoms in total. The normalized spacial score (nSPS) is 15.0. The Morgan fingerprint density at radius 2 is 2.00 bits per heavy atom. The Bertz CT molecular complexity index is 343. The Morgan fingerprint density at radius 1 is 1.25 bits per heavy atom. The van der Waals surface area contributed by atoms with Gasteiger partial charge in [0, 0.05) is 5.56 Å². The Hall–Kier alpha value is -1.84. The van der Waals surface area contributed by atoms with Crippen molar-refractivity contribution in [2.75, 3.05) is 0 Å². The predicted molar refractivity (Wildman–Crippen MR) is 43.7 cm³/mol. The van der Waals surface area contributed by atoms with Gasteiger partial charge in [0.2, 0.25) is 5.70 Å². The van der Waals surface area contributed by atoms with Gasteiger partial charge in [0.1, 0.15) is 5.11 Å². The number of nitrogens with zero attached hydrogens (tertiary/aromatic N) is 2. The summed E-state index contributed by atoms with van der Waals surface area (Å²) in [5.74, 6) is 0.00111. The van der Waals surface area contributed by atoms with Crippen molar-refractivity contribution < 1.29 is 5.11 Å². The van der Waals surface area contributed by atoms with Crippen molar-refractivity contribution in [2.45, 2.75) is 0 Å². The van der Waals surface area contributed by atoms with Crippen LogP contribution in [0.5, 0.6) is 0 Å². The van der Waals surface area contributed by atoms with E-state index in [1.165, 1.54) is 0 Å². The van der Waals surface area contributed by atoms with E-state index in [1.54, 1.807) is 0 Å². The smallest absolute Gasteiger partial charge is 0.334 e. The fourth-order valence-corrected chi connectivity index (χ4v) is 1.01. The van der Waals surface area contributed by atoms with Gasteiger partial charge < -0.3 is 5.11 Å². The number of aliphatic hydroxyl groups excluding tert-OH is 1. The summed E-state index contributed by atoms with van der Waals surface area (Å²) in [5.41, 5.74) is 3.69. The minimum Gasteiger partial charge on any atom is -0.489 e. The molecule has 0 unspecified atom stereocenters. The number of aliphatic hydroxyl groups is 1. The number of nitrogens with one attached hydrogen (secondary N) is 1. The first-order chi connectivity index (χ1) is 5.88. The number of rotatable bonds is 1. The molecule has 0 saturated carbocycles. The quantitative estimate of drug-likeness (QED) is 0.649. The van der Waals surface area contributed by atoms with Gasteiger partial charge in [0.05, 0.1) is 0 Å². The third-order valence-corrected chi connectivity index (χ3v) is 1.58. The lowest BCUT2D eigenvalue weighted by Crippen LogP contribution is -2.08. The van der Waals surface area contributed by atoms with Crippen LogP contribution in [0.4, 0.5) is 0 Å². The predicted octanol–water partition coefficient (Wildman–Crippen LogP) is 1.18. The van der Waals surface area contributed by atoms with Gasteiger partial charge in [-0.3, -0.25) is 0 Å². The molecule has 1 heterocycles. The van der Waals surface area contributed by atoms with Gasteiger partial charge in [-0.15, -0.1) is 0 Å². The van der Waals surface area contributed by atoms with Crippen LogP contribution in [0.3, 0.4) is 0 Å². The van der Waals surface area contributed by atoms with Gasteiger partial charge in [0.25, 0.3) is 5.88 Å². The summed E-state index contributed by atoms with van der Waals surface area (Å²) in [4.78, 5) is 0. The highest BCUT2D eigenvalue weighted by Gasteiger charge is 2.21. The molecule has 12 heavy (non-hydrogen) atoms. The maximum atomic E-state index is 9.22. The van der Waals surface area contributed by atoms with Gasteiger partial charge in [-0.1, -0.05) is 30.3 Å². The molecule has 0 atom stereocenters. The monoisotopic (exact) mass is 161 g/mol. The molecule has 2 rings (SSSR count). The van der Waals surface area contributed by atoms with E-state index in [2.05, 4.69) is 15.8 Å². The highest BCUT2D eigenvalue weighted by Crippen LogP contribution is 2.18. The molecule has 0 bridgehead atoms. The molecule has 0 amide bonds. The highest BCUT2D eigenvalue weighted by atomic mass is 16.3. The van der Waals surface area contributed by atoms with E-state index < -0.39 is 0 Å². The Kier molecular flexibility index (Phi) is 1.51. The first kappa shape index (κ1) is 6.84. The average molecular weight is 161 g/mol. The summed E-state index contributed by atoms with van der Waals surface area (Å²) in [7, 11) is 0. The standard InChI is InChI=1S/C8H7N3O/c12-8-7(9-11-10-8)6-4-2-1-3-5-6/h1-5,12H,(H,9,10)/q+1. The molecule has 59 valence electrons. The van der Waals surface area contributed by atoms with E-state index in [-0.39, 0.29) is 5.88 Å². The summed E-state index contributed by atoms with van der Waals surface area (Å²) in [6.07, 6.45) is 0. The lowest BCUT2D eigenvalue weighted by atomic mass is 10.2. The minimum atomic E-state index is 0.00111. The second-order valence-electron chi connectivity index (χ2n) is 2.38. The topological polar surface area (TPSA) is 58.7 Å². The van der Waals surface area contributed by atoms with Crippen molar-refractivity contribution in [3.63, 3.8) is 0 Å². The number of benzene rings is 1. The summed E-state index contributed by atoms with van der Waals surface area (Å²) in [5, 5.41) is 16.4. The maximum Gasteiger partial charge on any atom is 0.334 e. The lowest BCUT2D eigenvalue weighted by molar-refractivity contribution is 0.367. The molecule has 0 saturated heterocycles. The van der Waals surface area contributed by atoms with Crippen LogP contribution in [0.1, 0.15) is 5.56 Å². The molecule has 0 aliphatic carbocycles. The molecule has 1 aromatic carbocycles. The van der Waals surface area contributed by atoms with E-state index in [0.29, 0.717) is 5.70 Å². The fourth-order valence-electron chi connectivity index (χ4n) is 1.01. The first-order valence-corrected chi connectivity index (χ1v) is 3.53. The summed E-state index contributed by atoms with van der Waals surface area (Å²) >= 11 is 0. The average Bonchev–Trinajstić information content (AvgIpc) is 2.53. The van der Waals surface area contributed by atoms with Crippen molar-refractivity contribution in [1.29, 1.82) is 0 Å². The third-order valence-electron chi connectivity index (χ3n) is 1.58. The first-order valence-electron chi connectivity index (χ1n) is 3.53. The zero-order valence-electron chi connectivity index (χ0n) is 6.23. The minimum absolute atomic E-state index is 0.00111. The molecular weight excluding hydrogens is 154 g/mol. The largest absolute Gasteiger partial charge is 0.489 e. The molecule has 2 N–H and O–H groups in total. The Morgan fingerprint density at radius 3 is 2.58 bits per heavy atom.